The van der Waals surface area contributed by atoms with Gasteiger partial charge in [-0.15, -0.1) is 0 Å². The van der Waals surface area contributed by atoms with E-state index in [1.54, 1.807) is 6.07 Å². The highest BCUT2D eigenvalue weighted by molar-refractivity contribution is 6.03. The van der Waals surface area contributed by atoms with Gasteiger partial charge >= 0.3 is 0 Å². The Labute approximate surface area is 153 Å². The van der Waals surface area contributed by atoms with Crippen LogP contribution in [0.3, 0.4) is 0 Å². The maximum atomic E-state index is 12.8. The minimum Gasteiger partial charge on any atom is -0.374 e. The summed E-state index contributed by atoms with van der Waals surface area (Å²) >= 11 is 0. The van der Waals surface area contributed by atoms with E-state index in [-0.39, 0.29) is 18.4 Å². The van der Waals surface area contributed by atoms with E-state index in [4.69, 9.17) is 0 Å². The van der Waals surface area contributed by atoms with Gasteiger partial charge in [0.15, 0.2) is 0 Å². The van der Waals surface area contributed by atoms with Gasteiger partial charge in [0.05, 0.1) is 17.9 Å². The average molecular weight is 349 g/mol. The maximum absolute atomic E-state index is 12.8. The summed E-state index contributed by atoms with van der Waals surface area (Å²) in [6.45, 7) is 1.85. The summed E-state index contributed by atoms with van der Waals surface area (Å²) < 4.78 is 0. The molecular formula is C21H23N3O2. The first kappa shape index (κ1) is 16.6. The Balaban J connectivity index is 1.38. The van der Waals surface area contributed by atoms with Crippen LogP contribution in [-0.4, -0.2) is 36.3 Å². The molecule has 1 saturated heterocycles. The van der Waals surface area contributed by atoms with Gasteiger partial charge < -0.3 is 15.5 Å². The minimum atomic E-state index is -0.0798. The minimum absolute atomic E-state index is 0.0470. The molecule has 0 aliphatic carbocycles. The maximum Gasteiger partial charge on any atom is 0.253 e. The molecule has 2 N–H and O–H groups in total. The lowest BCUT2D eigenvalue weighted by Gasteiger charge is -2.32. The molecule has 2 heterocycles. The third-order valence-electron chi connectivity index (χ3n) is 5.25. The zero-order chi connectivity index (χ0) is 17.9. The fourth-order valence-corrected chi connectivity index (χ4v) is 3.77. The molecule has 2 aromatic rings. The van der Waals surface area contributed by atoms with Gasteiger partial charge in [-0.2, -0.15) is 0 Å². The van der Waals surface area contributed by atoms with Crippen molar-refractivity contribution in [3.8, 4) is 0 Å². The van der Waals surface area contributed by atoms with Gasteiger partial charge in [-0.25, -0.2) is 0 Å². The van der Waals surface area contributed by atoms with E-state index in [1.807, 2.05) is 23.1 Å². The Hall–Kier alpha value is -2.82. The summed E-state index contributed by atoms with van der Waals surface area (Å²) in [5, 5.41) is 5.87. The van der Waals surface area contributed by atoms with Gasteiger partial charge in [-0.05, 0) is 48.9 Å². The summed E-state index contributed by atoms with van der Waals surface area (Å²) in [7, 11) is 0. The summed E-state index contributed by atoms with van der Waals surface area (Å²) in [4.78, 5) is 26.3. The Morgan fingerprint density at radius 2 is 1.81 bits per heavy atom. The van der Waals surface area contributed by atoms with E-state index >= 15 is 0 Å². The molecule has 0 saturated carbocycles. The number of benzene rings is 2. The van der Waals surface area contributed by atoms with Crippen molar-refractivity contribution in [1.29, 1.82) is 0 Å². The smallest absolute Gasteiger partial charge is 0.253 e. The van der Waals surface area contributed by atoms with E-state index < -0.39 is 0 Å². The number of amides is 2. The van der Waals surface area contributed by atoms with Crippen molar-refractivity contribution in [2.75, 3.05) is 30.3 Å². The number of hydrogen-bond acceptors (Lipinski definition) is 3. The number of carbonyl (C=O) groups excluding carboxylic acids is 2. The second-order valence-electron chi connectivity index (χ2n) is 7.09. The van der Waals surface area contributed by atoms with E-state index in [1.165, 1.54) is 5.56 Å². The number of fused-ring (bicyclic) bond motifs is 1. The van der Waals surface area contributed by atoms with Crippen LogP contribution in [0.25, 0.3) is 0 Å². The van der Waals surface area contributed by atoms with Crippen molar-refractivity contribution in [3.05, 3.63) is 59.7 Å². The first-order valence-electron chi connectivity index (χ1n) is 9.20. The molecule has 1 fully saturated rings. The first-order valence-corrected chi connectivity index (χ1v) is 9.20. The molecule has 0 spiro atoms. The molecule has 0 atom stereocenters. The van der Waals surface area contributed by atoms with Crippen LogP contribution in [-0.2, 0) is 11.2 Å². The largest absolute Gasteiger partial charge is 0.374 e. The molecule has 0 bridgehead atoms. The van der Waals surface area contributed by atoms with Crippen molar-refractivity contribution in [3.63, 3.8) is 0 Å². The Bertz CT molecular complexity index is 811. The molecule has 0 aromatic heterocycles. The highest BCUT2D eigenvalue weighted by Gasteiger charge is 2.25. The third-order valence-corrected chi connectivity index (χ3v) is 5.25. The van der Waals surface area contributed by atoms with E-state index in [0.717, 1.165) is 38.0 Å². The number of anilines is 2. The zero-order valence-corrected chi connectivity index (χ0v) is 14.7. The summed E-state index contributed by atoms with van der Waals surface area (Å²) in [6.07, 6.45) is 3.15. The fraction of sp³-hybridized carbons (Fsp3) is 0.333. The van der Waals surface area contributed by atoms with Crippen molar-refractivity contribution in [2.24, 2.45) is 5.92 Å². The number of nitrogens with one attached hydrogen (secondary N) is 2. The predicted molar refractivity (Wildman–Crippen MR) is 102 cm³/mol. The number of carbonyl (C=O) groups is 2. The number of likely N-dealkylation sites (tertiary alicyclic amines) is 1. The Morgan fingerprint density at radius 3 is 2.58 bits per heavy atom. The van der Waals surface area contributed by atoms with Gasteiger partial charge in [-0.3, -0.25) is 9.59 Å². The molecule has 0 radical (unpaired) electrons. The number of rotatable bonds is 3. The van der Waals surface area contributed by atoms with Crippen LogP contribution in [0.15, 0.2) is 48.5 Å². The zero-order valence-electron chi connectivity index (χ0n) is 14.7. The molecule has 134 valence electrons. The number of hydrogen-bond donors (Lipinski definition) is 2. The predicted octanol–water partition coefficient (Wildman–Crippen LogP) is 3.15. The first-order chi connectivity index (χ1) is 12.7. The molecule has 26 heavy (non-hydrogen) atoms. The highest BCUT2D eigenvalue weighted by Crippen LogP contribution is 2.28. The lowest BCUT2D eigenvalue weighted by Crippen LogP contribution is -2.39. The Morgan fingerprint density at radius 1 is 1.04 bits per heavy atom. The molecule has 4 rings (SSSR count). The third kappa shape index (κ3) is 3.57. The summed E-state index contributed by atoms with van der Waals surface area (Å²) in [5.41, 5.74) is 3.55. The van der Waals surface area contributed by atoms with Gasteiger partial charge in [0.1, 0.15) is 0 Å². The van der Waals surface area contributed by atoms with Crippen LogP contribution in [0.1, 0.15) is 28.8 Å². The fourth-order valence-electron chi connectivity index (χ4n) is 3.77. The van der Waals surface area contributed by atoms with E-state index in [9.17, 15) is 9.59 Å². The van der Waals surface area contributed by atoms with Crippen LogP contribution in [0, 0.1) is 5.92 Å². The monoisotopic (exact) mass is 349 g/mol. The van der Waals surface area contributed by atoms with E-state index in [2.05, 4.69) is 34.9 Å². The molecule has 2 aliphatic heterocycles. The molecule has 2 amide bonds. The van der Waals surface area contributed by atoms with Gasteiger partial charge in [0.2, 0.25) is 5.91 Å². The van der Waals surface area contributed by atoms with Crippen molar-refractivity contribution in [2.45, 2.75) is 19.3 Å². The summed E-state index contributed by atoms with van der Waals surface area (Å²) in [5.74, 6) is 0.600. The van der Waals surface area contributed by atoms with Gasteiger partial charge in [0, 0.05) is 18.7 Å². The molecule has 0 unspecified atom stereocenters. The quantitative estimate of drug-likeness (QED) is 0.895. The van der Waals surface area contributed by atoms with Crippen LogP contribution < -0.4 is 10.6 Å². The SMILES string of the molecule is O=C1CNc2ccc(C(=O)N3CCC(Cc4ccccc4)CC3)cc2N1. The average Bonchev–Trinajstić information content (AvgIpc) is 2.68. The second-order valence-corrected chi connectivity index (χ2v) is 7.09. The van der Waals surface area contributed by atoms with Crippen LogP contribution in [0.2, 0.25) is 0 Å². The van der Waals surface area contributed by atoms with Crippen molar-refractivity contribution in [1.82, 2.24) is 4.90 Å². The van der Waals surface area contributed by atoms with Gasteiger partial charge in [0.25, 0.3) is 5.91 Å². The van der Waals surface area contributed by atoms with Crippen LogP contribution in [0.4, 0.5) is 11.4 Å². The van der Waals surface area contributed by atoms with Crippen LogP contribution in [0.5, 0.6) is 0 Å². The lowest BCUT2D eigenvalue weighted by molar-refractivity contribution is -0.114. The topological polar surface area (TPSA) is 61.4 Å². The lowest BCUT2D eigenvalue weighted by atomic mass is 9.90. The van der Waals surface area contributed by atoms with E-state index in [0.29, 0.717) is 17.2 Å². The number of piperidine rings is 1. The molecule has 5 heteroatoms. The molecule has 5 nitrogen and oxygen atoms in total. The molecule has 2 aromatic carbocycles. The normalized spacial score (nSPS) is 17.2. The molecule has 2 aliphatic rings. The second kappa shape index (κ2) is 7.20. The Kier molecular flexibility index (Phi) is 4.61. The van der Waals surface area contributed by atoms with Crippen LogP contribution >= 0.6 is 0 Å². The summed E-state index contributed by atoms with van der Waals surface area (Å²) in [6, 6.07) is 16.0. The van der Waals surface area contributed by atoms with Gasteiger partial charge in [-0.1, -0.05) is 30.3 Å². The molecular weight excluding hydrogens is 326 g/mol. The highest BCUT2D eigenvalue weighted by atomic mass is 16.2. The van der Waals surface area contributed by atoms with Crippen molar-refractivity contribution >= 4 is 23.2 Å². The number of nitrogens with zero attached hydrogens (tertiary/aromatic N) is 1. The van der Waals surface area contributed by atoms with Crippen molar-refractivity contribution < 1.29 is 9.59 Å². The standard InChI is InChI=1S/C21H23N3O2/c25-20-14-22-18-7-6-17(13-19(18)23-20)21(26)24-10-8-16(9-11-24)12-15-4-2-1-3-5-15/h1-7,13,16,22H,8-12,14H2,(H,23,25).